The lowest BCUT2D eigenvalue weighted by Gasteiger charge is -2.21. The van der Waals surface area contributed by atoms with Gasteiger partial charge in [0.25, 0.3) is 0 Å². The third kappa shape index (κ3) is 65.4. The van der Waals surface area contributed by atoms with Crippen LogP contribution < -0.4 is 0 Å². The number of hydrogen-bond donors (Lipinski definition) is 3. The molecule has 0 aromatic rings. The van der Waals surface area contributed by atoms with Gasteiger partial charge in [-0.2, -0.15) is 0 Å². The van der Waals surface area contributed by atoms with Gasteiger partial charge in [0.2, 0.25) is 0 Å². The van der Waals surface area contributed by atoms with Crippen LogP contribution in [0.5, 0.6) is 0 Å². The van der Waals surface area contributed by atoms with Crippen LogP contribution in [0.15, 0.2) is 60.8 Å². The van der Waals surface area contributed by atoms with Crippen LogP contribution in [0.25, 0.3) is 0 Å². The van der Waals surface area contributed by atoms with E-state index in [4.69, 9.17) is 37.0 Å². The molecule has 0 rings (SSSR count). The Morgan fingerprint density at radius 1 is 0.315 bits per heavy atom. The van der Waals surface area contributed by atoms with Crippen LogP contribution >= 0.6 is 15.6 Å². The molecule has 0 bridgehead atoms. The summed E-state index contributed by atoms with van der Waals surface area (Å²) >= 11 is 0. The van der Waals surface area contributed by atoms with E-state index in [1.165, 1.54) is 96.3 Å². The summed E-state index contributed by atoms with van der Waals surface area (Å²) < 4.78 is 68.2. The van der Waals surface area contributed by atoms with Crippen LogP contribution in [-0.4, -0.2) is 96.7 Å². The van der Waals surface area contributed by atoms with E-state index in [9.17, 15) is 43.2 Å². The predicted octanol–water partition coefficient (Wildman–Crippen LogP) is 20.3. The molecule has 0 aromatic carbocycles. The van der Waals surface area contributed by atoms with Crippen molar-refractivity contribution in [3.63, 3.8) is 0 Å². The Kier molecular flexibility index (Phi) is 64.0. The summed E-state index contributed by atoms with van der Waals surface area (Å²) in [5.74, 6) is -2.19. The van der Waals surface area contributed by atoms with Gasteiger partial charge in [-0.05, 0) is 96.3 Å². The number of aliphatic hydroxyl groups is 1. The normalized spacial score (nSPS) is 14.4. The number of phosphoric ester groups is 2. The zero-order valence-corrected chi connectivity index (χ0v) is 60.0. The van der Waals surface area contributed by atoms with Crippen LogP contribution in [0.4, 0.5) is 0 Å². The number of allylic oxidation sites excluding steroid dienone is 10. The molecule has 92 heavy (non-hydrogen) atoms. The highest BCUT2D eigenvalue weighted by atomic mass is 31.2. The fraction of sp³-hybridized carbons (Fsp3) is 0.808. The fourth-order valence-electron chi connectivity index (χ4n) is 9.84. The molecule has 0 saturated heterocycles. The van der Waals surface area contributed by atoms with Crippen molar-refractivity contribution in [3.8, 4) is 0 Å². The van der Waals surface area contributed by atoms with E-state index in [2.05, 4.69) is 88.5 Å². The van der Waals surface area contributed by atoms with Crippen LogP contribution in [0.3, 0.4) is 0 Å². The minimum atomic E-state index is -4.97. The lowest BCUT2D eigenvalue weighted by atomic mass is 10.0. The van der Waals surface area contributed by atoms with Gasteiger partial charge >= 0.3 is 39.5 Å². The minimum Gasteiger partial charge on any atom is -0.462 e. The molecule has 0 radical (unpaired) electrons. The Morgan fingerprint density at radius 2 is 0.576 bits per heavy atom. The standard InChI is InChI=1S/C73H132O17P2/c1-5-9-13-17-21-25-29-31-33-35-39-41-45-49-53-57-70(75)83-63-68(89-72(77)59-55-51-47-43-37-27-23-19-15-11-7-3)65-87-91(79,80)85-61-67(74)62-86-92(81,82)88-66-69(90-73(78)60-56-52-48-44-38-28-24-20-16-12-8-4)64-84-71(76)58-54-50-46-42-40-36-34-32-30-26-22-18-14-10-6-2/h9,13,19-21,23-25,31,33,67-69,74H,5-8,10-12,14-18,22,26-30,32,34-66H2,1-4H3,(H,79,80)(H,81,82)/b13-9-,23-19-,24-20-,25-21-,33-31-. The maximum Gasteiger partial charge on any atom is 0.472 e. The summed E-state index contributed by atoms with van der Waals surface area (Å²) in [4.78, 5) is 72.6. The Morgan fingerprint density at radius 3 is 0.913 bits per heavy atom. The maximum absolute atomic E-state index is 13.0. The van der Waals surface area contributed by atoms with Crippen molar-refractivity contribution in [3.05, 3.63) is 60.8 Å². The molecule has 0 saturated carbocycles. The van der Waals surface area contributed by atoms with Gasteiger partial charge in [0.1, 0.15) is 19.3 Å². The molecule has 0 aliphatic heterocycles. The molecular formula is C73H132O17P2. The summed E-state index contributed by atoms with van der Waals surface area (Å²) in [6.45, 7) is 4.67. The smallest absolute Gasteiger partial charge is 0.462 e. The van der Waals surface area contributed by atoms with Gasteiger partial charge < -0.3 is 33.8 Å². The van der Waals surface area contributed by atoms with E-state index in [-0.39, 0.29) is 25.7 Å². The first-order valence-corrected chi connectivity index (χ1v) is 39.5. The van der Waals surface area contributed by atoms with E-state index in [1.807, 2.05) is 0 Å². The van der Waals surface area contributed by atoms with E-state index in [1.54, 1.807) is 0 Å². The second-order valence-electron chi connectivity index (χ2n) is 24.5. The third-order valence-electron chi connectivity index (χ3n) is 15.5. The number of carbonyl (C=O) groups excluding carboxylic acids is 4. The second-order valence-corrected chi connectivity index (χ2v) is 27.4. The quantitative estimate of drug-likeness (QED) is 0.0169. The Labute approximate surface area is 559 Å². The van der Waals surface area contributed by atoms with Gasteiger partial charge in [0.05, 0.1) is 26.4 Å². The zero-order chi connectivity index (χ0) is 67.5. The van der Waals surface area contributed by atoms with Crippen molar-refractivity contribution < 1.29 is 80.2 Å². The number of hydrogen-bond acceptors (Lipinski definition) is 15. The molecule has 17 nitrogen and oxygen atoms in total. The molecular weight excluding hydrogens is 1210 g/mol. The second kappa shape index (κ2) is 66.4. The largest absolute Gasteiger partial charge is 0.472 e. The molecule has 3 N–H and O–H groups in total. The summed E-state index contributed by atoms with van der Waals surface area (Å²) in [5.41, 5.74) is 0. The SMILES string of the molecule is CC/C=C\C/C=C\C/C=C\CCCCCCCC(=O)OCC(COP(=O)(O)OCC(O)COP(=O)(O)OCC(COC(=O)CCCCCCCCCCCCCCCCC)OC(=O)CCCCCCC/C=C\CCCC)OC(=O)CCCCCCC/C=C\CCCC. The van der Waals surface area contributed by atoms with Crippen molar-refractivity contribution in [2.24, 2.45) is 0 Å². The monoisotopic (exact) mass is 1340 g/mol. The lowest BCUT2D eigenvalue weighted by Crippen LogP contribution is -2.30. The van der Waals surface area contributed by atoms with Crippen LogP contribution in [0, 0.1) is 0 Å². The molecule has 0 fully saturated rings. The first-order chi connectivity index (χ1) is 44.7. The number of rotatable bonds is 69. The zero-order valence-electron chi connectivity index (χ0n) is 58.2. The summed E-state index contributed by atoms with van der Waals surface area (Å²) in [5, 5.41) is 10.6. The summed E-state index contributed by atoms with van der Waals surface area (Å²) in [6.07, 6.45) is 62.3. The summed E-state index contributed by atoms with van der Waals surface area (Å²) in [7, 11) is -9.93. The molecule has 0 aromatic heterocycles. The Bertz CT molecular complexity index is 1990. The first-order valence-electron chi connectivity index (χ1n) is 36.5. The predicted molar refractivity (Wildman–Crippen MR) is 372 cm³/mol. The molecule has 0 heterocycles. The van der Waals surface area contributed by atoms with Crippen molar-refractivity contribution in [2.75, 3.05) is 39.6 Å². The topological polar surface area (TPSA) is 237 Å². The van der Waals surface area contributed by atoms with Crippen LogP contribution in [0.1, 0.15) is 323 Å². The molecule has 5 atom stereocenters. The molecule has 0 amide bonds. The third-order valence-corrected chi connectivity index (χ3v) is 17.4. The lowest BCUT2D eigenvalue weighted by molar-refractivity contribution is -0.161. The summed E-state index contributed by atoms with van der Waals surface area (Å²) in [6, 6.07) is 0. The minimum absolute atomic E-state index is 0.0833. The Hall–Kier alpha value is -3.24. The fourth-order valence-corrected chi connectivity index (χ4v) is 11.4. The van der Waals surface area contributed by atoms with E-state index in [0.29, 0.717) is 25.7 Å². The molecule has 0 aliphatic rings. The van der Waals surface area contributed by atoms with Crippen molar-refractivity contribution >= 4 is 39.5 Å². The first kappa shape index (κ1) is 88.8. The number of ether oxygens (including phenoxy) is 4. The molecule has 536 valence electrons. The number of unbranched alkanes of at least 4 members (excludes halogenated alkanes) is 33. The van der Waals surface area contributed by atoms with Gasteiger partial charge in [-0.25, -0.2) is 9.13 Å². The highest BCUT2D eigenvalue weighted by molar-refractivity contribution is 7.47. The Balaban J connectivity index is 5.28. The highest BCUT2D eigenvalue weighted by Crippen LogP contribution is 2.45. The highest BCUT2D eigenvalue weighted by Gasteiger charge is 2.30. The van der Waals surface area contributed by atoms with Gasteiger partial charge in [0, 0.05) is 25.7 Å². The number of aliphatic hydroxyl groups excluding tert-OH is 1. The van der Waals surface area contributed by atoms with Crippen molar-refractivity contribution in [1.82, 2.24) is 0 Å². The van der Waals surface area contributed by atoms with Crippen molar-refractivity contribution in [1.29, 1.82) is 0 Å². The van der Waals surface area contributed by atoms with Crippen molar-refractivity contribution in [2.45, 2.75) is 341 Å². The van der Waals surface area contributed by atoms with E-state index < -0.39 is 97.5 Å². The maximum atomic E-state index is 13.0. The average Bonchev–Trinajstić information content (AvgIpc) is 2.55. The molecule has 19 heteroatoms. The molecule has 0 aliphatic carbocycles. The van der Waals surface area contributed by atoms with Crippen LogP contribution in [0.2, 0.25) is 0 Å². The van der Waals surface area contributed by atoms with Crippen LogP contribution in [-0.2, 0) is 65.4 Å². The number of esters is 4. The van der Waals surface area contributed by atoms with Gasteiger partial charge in [-0.1, -0.05) is 262 Å². The van der Waals surface area contributed by atoms with Gasteiger partial charge in [-0.15, -0.1) is 0 Å². The van der Waals surface area contributed by atoms with Gasteiger partial charge in [-0.3, -0.25) is 37.3 Å². The molecule has 0 spiro atoms. The molecule has 5 unspecified atom stereocenters. The van der Waals surface area contributed by atoms with E-state index in [0.717, 1.165) is 148 Å². The van der Waals surface area contributed by atoms with Gasteiger partial charge in [0.15, 0.2) is 12.2 Å². The average molecular weight is 1340 g/mol. The number of phosphoric acid groups is 2. The number of carbonyl (C=O) groups is 4. The van der Waals surface area contributed by atoms with E-state index >= 15 is 0 Å².